The lowest BCUT2D eigenvalue weighted by Gasteiger charge is -2.31. The Morgan fingerprint density at radius 3 is 2.92 bits per heavy atom. The van der Waals surface area contributed by atoms with E-state index in [9.17, 15) is 9.18 Å². The van der Waals surface area contributed by atoms with Crippen molar-refractivity contribution < 1.29 is 13.9 Å². The van der Waals surface area contributed by atoms with Gasteiger partial charge in [-0.25, -0.2) is 4.39 Å². The molecule has 2 heterocycles. The van der Waals surface area contributed by atoms with Gasteiger partial charge in [-0.3, -0.25) is 9.69 Å². The van der Waals surface area contributed by atoms with Crippen molar-refractivity contribution in [3.05, 3.63) is 47.8 Å². The minimum absolute atomic E-state index is 0.0714. The van der Waals surface area contributed by atoms with E-state index in [0.717, 1.165) is 11.4 Å². The molecule has 1 N–H and O–H groups in total. The molecule has 0 saturated carbocycles. The minimum Gasteiger partial charge on any atom is -0.368 e. The number of nitrogens with zero attached hydrogens (tertiary/aromatic N) is 4. The normalized spacial score (nSPS) is 18.5. The number of benzene rings is 1. The van der Waals surface area contributed by atoms with Crippen LogP contribution in [0.3, 0.4) is 0 Å². The Labute approximate surface area is 139 Å². The molecular weight excluding hydrogens is 313 g/mol. The SMILES string of the molecule is Cn1cnnc1C1CN(CC(=O)NCc2ccc(F)cc2)CCO1. The average molecular weight is 333 g/mol. The molecule has 1 aromatic heterocycles. The molecule has 1 amide bonds. The van der Waals surface area contributed by atoms with Crippen molar-refractivity contribution in [1.29, 1.82) is 0 Å². The zero-order valence-corrected chi connectivity index (χ0v) is 13.5. The molecule has 1 saturated heterocycles. The number of morpholine rings is 1. The van der Waals surface area contributed by atoms with E-state index < -0.39 is 0 Å². The zero-order chi connectivity index (χ0) is 16.9. The maximum Gasteiger partial charge on any atom is 0.234 e. The van der Waals surface area contributed by atoms with Crippen molar-refractivity contribution >= 4 is 5.91 Å². The fraction of sp³-hybridized carbons (Fsp3) is 0.438. The molecule has 1 aromatic carbocycles. The largest absolute Gasteiger partial charge is 0.368 e. The number of hydrogen-bond donors (Lipinski definition) is 1. The van der Waals surface area contributed by atoms with E-state index in [1.807, 2.05) is 16.5 Å². The van der Waals surface area contributed by atoms with Crippen LogP contribution >= 0.6 is 0 Å². The molecular formula is C16H20FN5O2. The van der Waals surface area contributed by atoms with Gasteiger partial charge in [-0.05, 0) is 17.7 Å². The van der Waals surface area contributed by atoms with Crippen LogP contribution in [0, 0.1) is 5.82 Å². The molecule has 3 rings (SSSR count). The van der Waals surface area contributed by atoms with Gasteiger partial charge in [-0.15, -0.1) is 10.2 Å². The van der Waals surface area contributed by atoms with Crippen LogP contribution in [0.5, 0.6) is 0 Å². The summed E-state index contributed by atoms with van der Waals surface area (Å²) in [6.45, 7) is 2.51. The number of halogens is 1. The van der Waals surface area contributed by atoms with Gasteiger partial charge in [0.1, 0.15) is 18.2 Å². The summed E-state index contributed by atoms with van der Waals surface area (Å²) < 4.78 is 20.4. The lowest BCUT2D eigenvalue weighted by atomic mass is 10.2. The monoisotopic (exact) mass is 333 g/mol. The van der Waals surface area contributed by atoms with Gasteiger partial charge < -0.3 is 14.6 Å². The number of hydrogen-bond acceptors (Lipinski definition) is 5. The smallest absolute Gasteiger partial charge is 0.234 e. The van der Waals surface area contributed by atoms with Crippen LogP contribution in [0.1, 0.15) is 17.5 Å². The van der Waals surface area contributed by atoms with Gasteiger partial charge in [-0.1, -0.05) is 12.1 Å². The summed E-state index contributed by atoms with van der Waals surface area (Å²) in [7, 11) is 1.87. The van der Waals surface area contributed by atoms with Gasteiger partial charge in [0.15, 0.2) is 5.82 Å². The van der Waals surface area contributed by atoms with Crippen molar-refractivity contribution in [3.63, 3.8) is 0 Å². The standard InChI is InChI=1S/C16H20FN5O2/c1-21-11-19-20-16(21)14-9-22(6-7-24-14)10-15(23)18-8-12-2-4-13(17)5-3-12/h2-5,11,14H,6-10H2,1H3,(H,18,23). The predicted molar refractivity (Wildman–Crippen MR) is 84.4 cm³/mol. The topological polar surface area (TPSA) is 72.3 Å². The Kier molecular flexibility index (Phi) is 5.17. The van der Waals surface area contributed by atoms with E-state index in [4.69, 9.17) is 4.74 Å². The maximum atomic E-state index is 12.9. The fourth-order valence-corrected chi connectivity index (χ4v) is 2.65. The quantitative estimate of drug-likeness (QED) is 0.870. The molecule has 1 aliphatic heterocycles. The Balaban J connectivity index is 1.49. The van der Waals surface area contributed by atoms with Crippen LogP contribution in [0.4, 0.5) is 4.39 Å². The highest BCUT2D eigenvalue weighted by molar-refractivity contribution is 5.78. The molecule has 2 aromatic rings. The Morgan fingerprint density at radius 1 is 1.42 bits per heavy atom. The molecule has 128 valence electrons. The Morgan fingerprint density at radius 2 is 2.21 bits per heavy atom. The van der Waals surface area contributed by atoms with Crippen LogP contribution in [0.2, 0.25) is 0 Å². The second kappa shape index (κ2) is 7.50. The lowest BCUT2D eigenvalue weighted by Crippen LogP contribution is -2.44. The van der Waals surface area contributed by atoms with Crippen LogP contribution in [-0.2, 0) is 23.1 Å². The van der Waals surface area contributed by atoms with Gasteiger partial charge in [0.2, 0.25) is 5.91 Å². The molecule has 8 heteroatoms. The van der Waals surface area contributed by atoms with E-state index in [1.165, 1.54) is 12.1 Å². The third kappa shape index (κ3) is 4.15. The second-order valence-corrected chi connectivity index (χ2v) is 5.80. The van der Waals surface area contributed by atoms with Gasteiger partial charge in [0.05, 0.1) is 13.2 Å². The van der Waals surface area contributed by atoms with Gasteiger partial charge in [-0.2, -0.15) is 0 Å². The summed E-state index contributed by atoms with van der Waals surface area (Å²) >= 11 is 0. The summed E-state index contributed by atoms with van der Waals surface area (Å²) in [4.78, 5) is 14.1. The highest BCUT2D eigenvalue weighted by Crippen LogP contribution is 2.19. The number of aryl methyl sites for hydroxylation is 1. The van der Waals surface area contributed by atoms with Gasteiger partial charge in [0.25, 0.3) is 0 Å². The molecule has 1 aliphatic rings. The molecule has 0 radical (unpaired) electrons. The number of carbonyl (C=O) groups excluding carboxylic acids is 1. The first-order chi connectivity index (χ1) is 11.6. The molecule has 24 heavy (non-hydrogen) atoms. The third-order valence-electron chi connectivity index (χ3n) is 3.96. The molecule has 1 atom stereocenters. The van der Waals surface area contributed by atoms with E-state index in [-0.39, 0.29) is 17.8 Å². The number of nitrogens with one attached hydrogen (secondary N) is 1. The first-order valence-electron chi connectivity index (χ1n) is 7.81. The van der Waals surface area contributed by atoms with Crippen molar-refractivity contribution in [1.82, 2.24) is 25.0 Å². The molecule has 0 spiro atoms. The molecule has 1 fully saturated rings. The minimum atomic E-state index is -0.284. The van der Waals surface area contributed by atoms with Gasteiger partial charge >= 0.3 is 0 Å². The number of aromatic nitrogens is 3. The Bertz CT molecular complexity index is 688. The lowest BCUT2D eigenvalue weighted by molar-refractivity contribution is -0.124. The van der Waals surface area contributed by atoms with E-state index in [1.54, 1.807) is 18.5 Å². The number of rotatable bonds is 5. The molecule has 0 bridgehead atoms. The van der Waals surface area contributed by atoms with Crippen LogP contribution in [0.25, 0.3) is 0 Å². The van der Waals surface area contributed by atoms with Crippen molar-refractivity contribution in [2.24, 2.45) is 7.05 Å². The average Bonchev–Trinajstić information content (AvgIpc) is 3.01. The zero-order valence-electron chi connectivity index (χ0n) is 13.5. The summed E-state index contributed by atoms with van der Waals surface area (Å²) in [5.41, 5.74) is 0.865. The van der Waals surface area contributed by atoms with E-state index in [0.29, 0.717) is 32.8 Å². The third-order valence-corrected chi connectivity index (χ3v) is 3.96. The Hall–Kier alpha value is -2.32. The first kappa shape index (κ1) is 16.5. The first-order valence-corrected chi connectivity index (χ1v) is 7.81. The number of carbonyl (C=O) groups is 1. The summed E-state index contributed by atoms with van der Waals surface area (Å²) in [5, 5.41) is 10.8. The number of amides is 1. The molecule has 7 nitrogen and oxygen atoms in total. The number of ether oxygens (including phenoxy) is 1. The van der Waals surface area contributed by atoms with Crippen molar-refractivity contribution in [2.45, 2.75) is 12.6 Å². The maximum absolute atomic E-state index is 12.9. The van der Waals surface area contributed by atoms with Crippen LogP contribution in [-0.4, -0.2) is 51.8 Å². The highest BCUT2D eigenvalue weighted by atomic mass is 19.1. The summed E-state index contributed by atoms with van der Waals surface area (Å²) in [6.07, 6.45) is 1.45. The summed E-state index contributed by atoms with van der Waals surface area (Å²) in [6, 6.07) is 6.09. The van der Waals surface area contributed by atoms with E-state index >= 15 is 0 Å². The van der Waals surface area contributed by atoms with Crippen molar-refractivity contribution in [3.8, 4) is 0 Å². The van der Waals surface area contributed by atoms with Gasteiger partial charge in [0, 0.05) is 26.7 Å². The molecule has 0 aliphatic carbocycles. The predicted octanol–water partition coefficient (Wildman–Crippen LogP) is 0.644. The summed E-state index contributed by atoms with van der Waals surface area (Å²) in [5.74, 6) is 0.401. The van der Waals surface area contributed by atoms with E-state index in [2.05, 4.69) is 15.5 Å². The molecule has 1 unspecified atom stereocenters. The second-order valence-electron chi connectivity index (χ2n) is 5.80. The van der Waals surface area contributed by atoms with Crippen LogP contribution in [0.15, 0.2) is 30.6 Å². The highest BCUT2D eigenvalue weighted by Gasteiger charge is 2.26. The van der Waals surface area contributed by atoms with Crippen molar-refractivity contribution in [2.75, 3.05) is 26.2 Å². The van der Waals surface area contributed by atoms with Crippen LogP contribution < -0.4 is 5.32 Å². The fourth-order valence-electron chi connectivity index (χ4n) is 2.65.